The number of imidazole rings is 1. The Balaban J connectivity index is 2.18. The topological polar surface area (TPSA) is 58.1 Å². The molecule has 19 heavy (non-hydrogen) atoms. The number of rotatable bonds is 2. The number of nitrogens with one attached hydrogen (secondary N) is 1. The molecule has 0 spiro atoms. The lowest BCUT2D eigenvalue weighted by Gasteiger charge is -2.07. The number of aromatic nitrogens is 2. The minimum Gasteiger partial charge on any atom is -0.507 e. The fourth-order valence-electron chi connectivity index (χ4n) is 1.97. The predicted octanol–water partition coefficient (Wildman–Crippen LogP) is 3.60. The maximum atomic E-state index is 10.0. The summed E-state index contributed by atoms with van der Waals surface area (Å²) in [5.41, 5.74) is 2.29. The number of H-pyrrole nitrogens is 1. The molecule has 0 fully saturated rings. The molecule has 1 aromatic heterocycles. The smallest absolute Gasteiger partial charge is 0.142 e. The summed E-state index contributed by atoms with van der Waals surface area (Å²) < 4.78 is 5.05. The van der Waals surface area contributed by atoms with Gasteiger partial charge < -0.3 is 14.8 Å². The molecule has 2 aromatic carbocycles. The van der Waals surface area contributed by atoms with E-state index in [9.17, 15) is 5.11 Å². The van der Waals surface area contributed by atoms with Crippen LogP contribution in [0.3, 0.4) is 0 Å². The van der Waals surface area contributed by atoms with E-state index in [0.717, 1.165) is 11.0 Å². The Morgan fingerprint density at radius 2 is 2.05 bits per heavy atom. The van der Waals surface area contributed by atoms with Crippen molar-refractivity contribution in [1.82, 2.24) is 9.97 Å². The van der Waals surface area contributed by atoms with Gasteiger partial charge in [0.2, 0.25) is 0 Å². The molecule has 0 unspecified atom stereocenters. The van der Waals surface area contributed by atoms with Crippen molar-refractivity contribution in [3.63, 3.8) is 0 Å². The van der Waals surface area contributed by atoms with Crippen LogP contribution in [-0.4, -0.2) is 22.2 Å². The van der Waals surface area contributed by atoms with E-state index < -0.39 is 0 Å². The minimum absolute atomic E-state index is 0.0697. The molecule has 0 aliphatic rings. The molecule has 5 heteroatoms. The molecule has 2 N–H and O–H groups in total. The molecule has 0 saturated heterocycles. The Morgan fingerprint density at radius 1 is 1.26 bits per heavy atom. The third kappa shape index (κ3) is 2.00. The molecule has 3 rings (SSSR count). The Labute approximate surface area is 114 Å². The van der Waals surface area contributed by atoms with Crippen LogP contribution in [0.4, 0.5) is 0 Å². The maximum Gasteiger partial charge on any atom is 0.142 e. The number of fused-ring (bicyclic) bond motifs is 1. The average Bonchev–Trinajstić information content (AvgIpc) is 2.84. The fraction of sp³-hybridized carbons (Fsp3) is 0.0714. The van der Waals surface area contributed by atoms with Gasteiger partial charge in [-0.05, 0) is 18.2 Å². The van der Waals surface area contributed by atoms with Crippen molar-refractivity contribution in [2.45, 2.75) is 0 Å². The number of aromatic hydroxyl groups is 1. The van der Waals surface area contributed by atoms with Crippen LogP contribution in [0.2, 0.25) is 5.02 Å². The van der Waals surface area contributed by atoms with Crippen LogP contribution in [-0.2, 0) is 0 Å². The number of aromatic amines is 1. The van der Waals surface area contributed by atoms with E-state index >= 15 is 0 Å². The van der Waals surface area contributed by atoms with E-state index in [4.69, 9.17) is 16.3 Å². The standard InChI is InChI=1S/C14H11ClN2O2/c1-19-13-7-12(18)8(6-9(13)15)14-16-10-4-2-3-5-11(10)17-14/h2-7,18H,1H3,(H,16,17). The molecule has 3 aromatic rings. The van der Waals surface area contributed by atoms with Gasteiger partial charge in [0.05, 0.1) is 28.7 Å². The number of hydrogen-bond acceptors (Lipinski definition) is 3. The fourth-order valence-corrected chi connectivity index (χ4v) is 2.21. The van der Waals surface area contributed by atoms with Crippen molar-refractivity contribution in [3.8, 4) is 22.9 Å². The number of para-hydroxylation sites is 2. The van der Waals surface area contributed by atoms with Gasteiger partial charge in [-0.3, -0.25) is 0 Å². The Bertz CT molecular complexity index is 719. The Morgan fingerprint density at radius 3 is 2.79 bits per heavy atom. The zero-order valence-electron chi connectivity index (χ0n) is 10.1. The Hall–Kier alpha value is -2.20. The zero-order valence-corrected chi connectivity index (χ0v) is 10.9. The van der Waals surface area contributed by atoms with Crippen molar-refractivity contribution < 1.29 is 9.84 Å². The van der Waals surface area contributed by atoms with Gasteiger partial charge in [-0.2, -0.15) is 0 Å². The average molecular weight is 275 g/mol. The predicted molar refractivity (Wildman–Crippen MR) is 74.8 cm³/mol. The maximum absolute atomic E-state index is 10.0. The molecule has 0 bridgehead atoms. The number of ether oxygens (including phenoxy) is 1. The van der Waals surface area contributed by atoms with Gasteiger partial charge in [0, 0.05) is 6.07 Å². The largest absolute Gasteiger partial charge is 0.507 e. The highest BCUT2D eigenvalue weighted by atomic mass is 35.5. The SMILES string of the molecule is COc1cc(O)c(-c2nc3ccccc3[nH]2)cc1Cl. The molecule has 0 aliphatic heterocycles. The molecule has 4 nitrogen and oxygen atoms in total. The molecule has 0 radical (unpaired) electrons. The van der Waals surface area contributed by atoms with Crippen LogP contribution >= 0.6 is 11.6 Å². The summed E-state index contributed by atoms with van der Waals surface area (Å²) in [5.74, 6) is 1.07. The third-order valence-electron chi connectivity index (χ3n) is 2.91. The molecular weight excluding hydrogens is 264 g/mol. The summed E-state index contributed by atoms with van der Waals surface area (Å²) >= 11 is 6.07. The molecule has 0 aliphatic carbocycles. The monoisotopic (exact) mass is 274 g/mol. The summed E-state index contributed by atoms with van der Waals surface area (Å²) in [7, 11) is 1.50. The number of nitrogens with zero attached hydrogens (tertiary/aromatic N) is 1. The first kappa shape index (κ1) is 11.9. The van der Waals surface area contributed by atoms with E-state index in [2.05, 4.69) is 9.97 Å². The number of phenolic OH excluding ortho intramolecular Hbond substituents is 1. The van der Waals surface area contributed by atoms with Gasteiger partial charge >= 0.3 is 0 Å². The minimum atomic E-state index is 0.0697. The van der Waals surface area contributed by atoms with Gasteiger partial charge in [-0.25, -0.2) is 4.98 Å². The number of hydrogen-bond donors (Lipinski definition) is 2. The van der Waals surface area contributed by atoms with Gasteiger partial charge in [0.25, 0.3) is 0 Å². The lowest BCUT2D eigenvalue weighted by Crippen LogP contribution is -1.87. The van der Waals surface area contributed by atoms with Crippen molar-refractivity contribution in [2.75, 3.05) is 7.11 Å². The van der Waals surface area contributed by atoms with Crippen LogP contribution in [0.5, 0.6) is 11.5 Å². The summed E-state index contributed by atoms with van der Waals surface area (Å²) in [4.78, 5) is 7.57. The number of halogens is 1. The van der Waals surface area contributed by atoms with Gasteiger partial charge in [0.1, 0.15) is 17.3 Å². The highest BCUT2D eigenvalue weighted by molar-refractivity contribution is 6.32. The van der Waals surface area contributed by atoms with Crippen molar-refractivity contribution in [2.24, 2.45) is 0 Å². The first-order valence-corrected chi connectivity index (χ1v) is 6.08. The Kier molecular flexibility index (Phi) is 2.80. The lowest BCUT2D eigenvalue weighted by molar-refractivity contribution is 0.408. The van der Waals surface area contributed by atoms with E-state index in [-0.39, 0.29) is 5.75 Å². The molecule has 0 saturated carbocycles. The van der Waals surface area contributed by atoms with Crippen molar-refractivity contribution >= 4 is 22.6 Å². The van der Waals surface area contributed by atoms with E-state index in [0.29, 0.717) is 22.2 Å². The van der Waals surface area contributed by atoms with E-state index in [1.165, 1.54) is 13.2 Å². The number of benzene rings is 2. The normalized spacial score (nSPS) is 10.8. The zero-order chi connectivity index (χ0) is 13.4. The van der Waals surface area contributed by atoms with Gasteiger partial charge in [-0.15, -0.1) is 0 Å². The molecule has 0 amide bonds. The molecular formula is C14H11ClN2O2. The van der Waals surface area contributed by atoms with E-state index in [1.54, 1.807) is 6.07 Å². The van der Waals surface area contributed by atoms with Crippen LogP contribution in [0.15, 0.2) is 36.4 Å². The second-order valence-electron chi connectivity index (χ2n) is 4.11. The summed E-state index contributed by atoms with van der Waals surface area (Å²) in [6, 6.07) is 10.8. The molecule has 0 atom stereocenters. The molecule has 96 valence electrons. The van der Waals surface area contributed by atoms with Crippen molar-refractivity contribution in [1.29, 1.82) is 0 Å². The number of phenols is 1. The quantitative estimate of drug-likeness (QED) is 0.751. The van der Waals surface area contributed by atoms with Crippen LogP contribution in [0, 0.1) is 0 Å². The van der Waals surface area contributed by atoms with E-state index in [1.807, 2.05) is 24.3 Å². The first-order valence-electron chi connectivity index (χ1n) is 5.70. The summed E-state index contributed by atoms with van der Waals surface area (Å²) in [6.45, 7) is 0. The first-order chi connectivity index (χ1) is 9.19. The van der Waals surface area contributed by atoms with Gasteiger partial charge in [-0.1, -0.05) is 23.7 Å². The summed E-state index contributed by atoms with van der Waals surface area (Å²) in [6.07, 6.45) is 0. The second-order valence-corrected chi connectivity index (χ2v) is 4.51. The summed E-state index contributed by atoms with van der Waals surface area (Å²) in [5, 5.41) is 10.5. The van der Waals surface area contributed by atoms with Crippen LogP contribution < -0.4 is 4.74 Å². The van der Waals surface area contributed by atoms with Crippen molar-refractivity contribution in [3.05, 3.63) is 41.4 Å². The van der Waals surface area contributed by atoms with Gasteiger partial charge in [0.15, 0.2) is 0 Å². The molecule has 1 heterocycles. The highest BCUT2D eigenvalue weighted by Crippen LogP contribution is 2.37. The number of methoxy groups -OCH3 is 1. The third-order valence-corrected chi connectivity index (χ3v) is 3.21. The van der Waals surface area contributed by atoms with Crippen LogP contribution in [0.25, 0.3) is 22.4 Å². The second kappa shape index (κ2) is 4.48. The highest BCUT2D eigenvalue weighted by Gasteiger charge is 2.13. The van der Waals surface area contributed by atoms with Crippen LogP contribution in [0.1, 0.15) is 0 Å². The lowest BCUT2D eigenvalue weighted by atomic mass is 10.2.